The molecule has 2 N–H and O–H groups in total. The second-order valence-corrected chi connectivity index (χ2v) is 5.78. The van der Waals surface area contributed by atoms with Crippen molar-refractivity contribution in [1.29, 1.82) is 0 Å². The maximum absolute atomic E-state index is 11.8. The number of nitrogens with zero attached hydrogens (tertiary/aromatic N) is 2. The summed E-state index contributed by atoms with van der Waals surface area (Å²) in [5.74, 6) is 2.20. The minimum Gasteiger partial charge on any atom is -0.396 e. The van der Waals surface area contributed by atoms with E-state index < -0.39 is 0 Å². The zero-order valence-electron chi connectivity index (χ0n) is 11.2. The van der Waals surface area contributed by atoms with Crippen molar-refractivity contribution in [2.75, 3.05) is 64.4 Å². The highest BCUT2D eigenvalue weighted by Gasteiger charge is 2.17. The van der Waals surface area contributed by atoms with Gasteiger partial charge in [0, 0.05) is 45.1 Å². The Hall–Kier alpha value is -0.300. The molecule has 0 spiro atoms. The fraction of sp³-hybridized carbons (Fsp3) is 0.917. The van der Waals surface area contributed by atoms with Crippen LogP contribution in [-0.4, -0.2) is 85.2 Å². The number of carbonyl (C=O) groups excluding carboxylic acids is 1. The van der Waals surface area contributed by atoms with Crippen molar-refractivity contribution in [2.45, 2.75) is 6.42 Å². The predicted molar refractivity (Wildman–Crippen MR) is 76.0 cm³/mol. The average molecular weight is 275 g/mol. The zero-order valence-corrected chi connectivity index (χ0v) is 12.0. The Morgan fingerprint density at radius 2 is 2.00 bits per heavy atom. The molecule has 0 radical (unpaired) electrons. The Kier molecular flexibility index (Phi) is 8.41. The maximum Gasteiger partial charge on any atom is 0.236 e. The van der Waals surface area contributed by atoms with Crippen LogP contribution in [0.15, 0.2) is 0 Å². The number of thioether (sulfide) groups is 1. The molecule has 0 aromatic carbocycles. The molecule has 0 unspecified atom stereocenters. The largest absolute Gasteiger partial charge is 0.396 e. The van der Waals surface area contributed by atoms with Crippen molar-refractivity contribution < 1.29 is 9.90 Å². The first kappa shape index (κ1) is 15.8. The van der Waals surface area contributed by atoms with Crippen LogP contribution in [0.2, 0.25) is 0 Å². The van der Waals surface area contributed by atoms with Crippen LogP contribution in [0.1, 0.15) is 6.42 Å². The molecule has 0 aromatic rings. The SMILES string of the molecule is CN1CCN(C(=O)CNCCSCCCO)CC1. The molecule has 1 rings (SSSR count). The van der Waals surface area contributed by atoms with Gasteiger partial charge < -0.3 is 20.2 Å². The van der Waals surface area contributed by atoms with Gasteiger partial charge in [-0.2, -0.15) is 11.8 Å². The van der Waals surface area contributed by atoms with Crippen LogP contribution in [0.4, 0.5) is 0 Å². The van der Waals surface area contributed by atoms with Crippen LogP contribution in [0.25, 0.3) is 0 Å². The molecule has 1 saturated heterocycles. The molecular formula is C12H25N3O2S. The number of hydrogen-bond acceptors (Lipinski definition) is 5. The lowest BCUT2D eigenvalue weighted by Crippen LogP contribution is -2.49. The first-order chi connectivity index (χ1) is 8.74. The van der Waals surface area contributed by atoms with E-state index in [9.17, 15) is 4.79 Å². The monoisotopic (exact) mass is 275 g/mol. The molecule has 0 saturated carbocycles. The highest BCUT2D eigenvalue weighted by molar-refractivity contribution is 7.99. The summed E-state index contributed by atoms with van der Waals surface area (Å²) in [5.41, 5.74) is 0. The number of carbonyl (C=O) groups is 1. The predicted octanol–water partition coefficient (Wildman–Crippen LogP) is -0.534. The molecule has 0 aromatic heterocycles. The minimum atomic E-state index is 0.212. The standard InChI is InChI=1S/C12H25N3O2S/c1-14-4-6-15(7-5-14)12(17)11-13-3-10-18-9-2-8-16/h13,16H,2-11H2,1H3. The van der Waals surface area contributed by atoms with Gasteiger partial charge in [-0.15, -0.1) is 0 Å². The molecule has 1 fully saturated rings. The van der Waals surface area contributed by atoms with Gasteiger partial charge in [0.1, 0.15) is 0 Å². The Balaban J connectivity index is 1.96. The molecule has 106 valence electrons. The van der Waals surface area contributed by atoms with Crippen LogP contribution in [0.5, 0.6) is 0 Å². The molecule has 1 aliphatic heterocycles. The summed E-state index contributed by atoms with van der Waals surface area (Å²) in [6.07, 6.45) is 0.852. The van der Waals surface area contributed by atoms with Gasteiger partial charge in [-0.25, -0.2) is 0 Å². The maximum atomic E-state index is 11.8. The summed E-state index contributed by atoms with van der Waals surface area (Å²) in [7, 11) is 2.09. The fourth-order valence-corrected chi connectivity index (χ4v) is 2.60. The number of aliphatic hydroxyl groups excluding tert-OH is 1. The first-order valence-electron chi connectivity index (χ1n) is 6.59. The van der Waals surface area contributed by atoms with E-state index in [-0.39, 0.29) is 12.5 Å². The van der Waals surface area contributed by atoms with Crippen LogP contribution in [-0.2, 0) is 4.79 Å². The Morgan fingerprint density at radius 1 is 1.28 bits per heavy atom. The van der Waals surface area contributed by atoms with Crippen molar-refractivity contribution in [3.8, 4) is 0 Å². The molecule has 5 nitrogen and oxygen atoms in total. The molecule has 0 bridgehead atoms. The summed E-state index contributed by atoms with van der Waals surface area (Å²) in [6.45, 7) is 5.22. The number of aliphatic hydroxyl groups is 1. The number of likely N-dealkylation sites (N-methyl/N-ethyl adjacent to an activating group) is 1. The third-order valence-corrected chi connectivity index (χ3v) is 4.07. The van der Waals surface area contributed by atoms with Gasteiger partial charge in [0.2, 0.25) is 5.91 Å². The quantitative estimate of drug-likeness (QED) is 0.583. The van der Waals surface area contributed by atoms with Crippen molar-refractivity contribution in [3.05, 3.63) is 0 Å². The molecular weight excluding hydrogens is 250 g/mol. The lowest BCUT2D eigenvalue weighted by molar-refractivity contribution is -0.131. The van der Waals surface area contributed by atoms with Crippen LogP contribution in [0.3, 0.4) is 0 Å². The molecule has 1 aliphatic rings. The number of rotatable bonds is 8. The van der Waals surface area contributed by atoms with Gasteiger partial charge in [0.25, 0.3) is 0 Å². The van der Waals surface area contributed by atoms with Crippen molar-refractivity contribution in [3.63, 3.8) is 0 Å². The number of nitrogens with one attached hydrogen (secondary N) is 1. The van der Waals surface area contributed by atoms with Crippen LogP contribution < -0.4 is 5.32 Å². The van der Waals surface area contributed by atoms with Gasteiger partial charge >= 0.3 is 0 Å². The van der Waals surface area contributed by atoms with Crippen molar-refractivity contribution >= 4 is 17.7 Å². The zero-order chi connectivity index (χ0) is 13.2. The Bertz CT molecular complexity index is 233. The van der Waals surface area contributed by atoms with E-state index in [1.165, 1.54) is 0 Å². The normalized spacial score (nSPS) is 17.1. The summed E-state index contributed by atoms with van der Waals surface area (Å²) >= 11 is 1.81. The van der Waals surface area contributed by atoms with Crippen LogP contribution >= 0.6 is 11.8 Å². The third kappa shape index (κ3) is 6.58. The molecule has 0 atom stereocenters. The van der Waals surface area contributed by atoms with E-state index in [1.807, 2.05) is 16.7 Å². The molecule has 0 aliphatic carbocycles. The second kappa shape index (κ2) is 9.61. The lowest BCUT2D eigenvalue weighted by atomic mass is 10.3. The second-order valence-electron chi connectivity index (χ2n) is 4.55. The summed E-state index contributed by atoms with van der Waals surface area (Å²) < 4.78 is 0. The Morgan fingerprint density at radius 3 is 2.67 bits per heavy atom. The van der Waals surface area contributed by atoms with Crippen LogP contribution in [0, 0.1) is 0 Å². The highest BCUT2D eigenvalue weighted by Crippen LogP contribution is 2.01. The molecule has 1 heterocycles. The van der Waals surface area contributed by atoms with E-state index in [4.69, 9.17) is 5.11 Å². The third-order valence-electron chi connectivity index (χ3n) is 3.00. The van der Waals surface area contributed by atoms with E-state index in [2.05, 4.69) is 17.3 Å². The summed E-state index contributed by atoms with van der Waals surface area (Å²) in [5, 5.41) is 11.8. The highest BCUT2D eigenvalue weighted by atomic mass is 32.2. The van der Waals surface area contributed by atoms with Gasteiger partial charge in [-0.1, -0.05) is 0 Å². The van der Waals surface area contributed by atoms with Crippen molar-refractivity contribution in [2.24, 2.45) is 0 Å². The lowest BCUT2D eigenvalue weighted by Gasteiger charge is -2.32. The average Bonchev–Trinajstić information content (AvgIpc) is 2.38. The molecule has 6 heteroatoms. The van der Waals surface area contributed by atoms with Gasteiger partial charge in [-0.3, -0.25) is 4.79 Å². The van der Waals surface area contributed by atoms with E-state index >= 15 is 0 Å². The van der Waals surface area contributed by atoms with E-state index in [0.717, 1.165) is 50.7 Å². The number of piperazine rings is 1. The topological polar surface area (TPSA) is 55.8 Å². The van der Waals surface area contributed by atoms with E-state index in [0.29, 0.717) is 6.54 Å². The van der Waals surface area contributed by atoms with Gasteiger partial charge in [-0.05, 0) is 19.2 Å². The van der Waals surface area contributed by atoms with Crippen molar-refractivity contribution in [1.82, 2.24) is 15.1 Å². The summed E-state index contributed by atoms with van der Waals surface area (Å²) in [6, 6.07) is 0. The Labute approximate surface area is 114 Å². The van der Waals surface area contributed by atoms with Gasteiger partial charge in [0.15, 0.2) is 0 Å². The van der Waals surface area contributed by atoms with E-state index in [1.54, 1.807) is 0 Å². The minimum absolute atomic E-state index is 0.212. The first-order valence-corrected chi connectivity index (χ1v) is 7.75. The summed E-state index contributed by atoms with van der Waals surface area (Å²) in [4.78, 5) is 16.0. The van der Waals surface area contributed by atoms with Gasteiger partial charge in [0.05, 0.1) is 6.54 Å². The fourth-order valence-electron chi connectivity index (χ4n) is 1.78. The molecule has 1 amide bonds. The number of hydrogen-bond donors (Lipinski definition) is 2. The smallest absolute Gasteiger partial charge is 0.236 e. The number of amides is 1. The molecule has 18 heavy (non-hydrogen) atoms.